The predicted molar refractivity (Wildman–Crippen MR) is 270 cm³/mol. The lowest BCUT2D eigenvalue weighted by molar-refractivity contribution is -0.305. The van der Waals surface area contributed by atoms with Gasteiger partial charge in [0.2, 0.25) is 0 Å². The van der Waals surface area contributed by atoms with Crippen LogP contribution in [0.1, 0.15) is 25.0 Å². The molecule has 4 aromatic carbocycles. The molecule has 0 spiro atoms. The molecule has 0 N–H and O–H groups in total. The Balaban J connectivity index is 0.000000214. The van der Waals surface area contributed by atoms with E-state index in [-0.39, 0.29) is 41.5 Å². The van der Waals surface area contributed by atoms with Gasteiger partial charge in [0.05, 0.1) is 40.9 Å². The van der Waals surface area contributed by atoms with E-state index in [1.54, 1.807) is 108 Å². The number of benzene rings is 4. The van der Waals surface area contributed by atoms with Crippen molar-refractivity contribution < 1.29 is 60.2 Å². The highest BCUT2D eigenvalue weighted by atomic mass is 32.2. The summed E-state index contributed by atoms with van der Waals surface area (Å²) in [5, 5.41) is 17.2. The molecule has 2 aliphatic heterocycles. The second-order valence-electron chi connectivity index (χ2n) is 16.8. The molecule has 0 bridgehead atoms. The normalized spacial score (nSPS) is 24.8. The molecule has 8 rings (SSSR count). The van der Waals surface area contributed by atoms with Crippen LogP contribution in [0, 0.1) is 0 Å². The van der Waals surface area contributed by atoms with Gasteiger partial charge in [-0.1, -0.05) is 58.8 Å². The van der Waals surface area contributed by atoms with Crippen LogP contribution in [0.3, 0.4) is 0 Å². The zero-order valence-corrected chi connectivity index (χ0v) is 43.7. The Kier molecular flexibility index (Phi) is 18.9. The third-order valence-electron chi connectivity index (χ3n) is 12.1. The van der Waals surface area contributed by atoms with E-state index in [9.17, 15) is 12.6 Å². The van der Waals surface area contributed by atoms with Crippen LogP contribution in [-0.2, 0) is 68.2 Å². The number of aromatic nitrogens is 6. The van der Waals surface area contributed by atoms with Crippen LogP contribution in [0.5, 0.6) is 0 Å². The first-order chi connectivity index (χ1) is 35.2. The molecule has 2 aromatic heterocycles. The molecule has 6 aromatic rings. The summed E-state index contributed by atoms with van der Waals surface area (Å²) in [6.45, 7) is 3.77. The first-order valence-corrected chi connectivity index (χ1v) is 26.3. The molecule has 0 saturated carbocycles. The van der Waals surface area contributed by atoms with Gasteiger partial charge >= 0.3 is 0 Å². The number of nitrogens with zero attached hydrogens (tertiary/aromatic N) is 8. The quantitative estimate of drug-likeness (QED) is 0.0786. The molecular formula is C50H60N8O13S2. The zero-order chi connectivity index (χ0) is 52.2. The van der Waals surface area contributed by atoms with Gasteiger partial charge in [0, 0.05) is 82.0 Å². The molecule has 11 atom stereocenters. The average molecular weight is 1050 g/mol. The van der Waals surface area contributed by atoms with Crippen molar-refractivity contribution in [1.29, 1.82) is 0 Å². The Morgan fingerprint density at radius 1 is 0.548 bits per heavy atom. The lowest BCUT2D eigenvalue weighted by Gasteiger charge is -2.42. The van der Waals surface area contributed by atoms with Crippen molar-refractivity contribution in [3.63, 3.8) is 0 Å². The summed E-state index contributed by atoms with van der Waals surface area (Å²) in [5.41, 5.74) is 4.84. The number of hydrogen-bond acceptors (Lipinski definition) is 19. The van der Waals surface area contributed by atoms with Crippen molar-refractivity contribution >= 4 is 33.1 Å². The Labute approximate surface area is 426 Å². The average Bonchev–Trinajstić information content (AvgIpc) is 4.11. The van der Waals surface area contributed by atoms with Crippen LogP contribution >= 0.6 is 0 Å². The van der Waals surface area contributed by atoms with Gasteiger partial charge in [-0.2, -0.15) is 0 Å². The van der Waals surface area contributed by atoms with Gasteiger partial charge < -0.3 is 47.6 Å². The highest BCUT2D eigenvalue weighted by molar-refractivity contribution is 7.90. The van der Waals surface area contributed by atoms with Gasteiger partial charge in [0.25, 0.3) is 12.6 Å². The number of oxime groups is 2. The molecular weight excluding hydrogens is 985 g/mol. The molecule has 2 saturated heterocycles. The van der Waals surface area contributed by atoms with Crippen molar-refractivity contribution in [3.8, 4) is 34.2 Å². The second-order valence-corrected chi connectivity index (χ2v) is 20.2. The number of methoxy groups -OCH3 is 6. The third kappa shape index (κ3) is 13.4. The second kappa shape index (κ2) is 25.2. The van der Waals surface area contributed by atoms with Gasteiger partial charge in [-0.3, -0.25) is 4.21 Å². The summed E-state index contributed by atoms with van der Waals surface area (Å²) in [7, 11) is 5.25. The maximum Gasteiger partial charge on any atom is 0.256 e. The monoisotopic (exact) mass is 1040 g/mol. The fourth-order valence-corrected chi connectivity index (χ4v) is 9.36. The van der Waals surface area contributed by atoms with Crippen molar-refractivity contribution in [2.75, 3.05) is 55.2 Å². The Bertz CT molecular complexity index is 2890. The first kappa shape index (κ1) is 54.6. The molecule has 2 fully saturated rings. The van der Waals surface area contributed by atoms with E-state index in [4.69, 9.17) is 47.6 Å². The van der Waals surface area contributed by atoms with Gasteiger partial charge in [-0.25, -0.2) is 27.7 Å². The number of sulfone groups is 1. The number of rotatable bonds is 18. The molecule has 0 radical (unpaired) electrons. The summed E-state index contributed by atoms with van der Waals surface area (Å²) in [6.07, 6.45) is 4.86. The number of hydrogen-bond donors (Lipinski definition) is 0. The number of ether oxygens (including phenoxy) is 8. The first-order valence-electron chi connectivity index (χ1n) is 22.8. The van der Waals surface area contributed by atoms with E-state index >= 15 is 0 Å². The highest BCUT2D eigenvalue weighted by Gasteiger charge is 2.48. The van der Waals surface area contributed by atoms with E-state index in [0.29, 0.717) is 17.3 Å². The fourth-order valence-electron chi connectivity index (χ4n) is 8.21. The van der Waals surface area contributed by atoms with E-state index in [0.717, 1.165) is 32.8 Å². The lowest BCUT2D eigenvalue weighted by Crippen LogP contribution is -2.59. The maximum atomic E-state index is 11.7. The van der Waals surface area contributed by atoms with E-state index in [1.165, 1.54) is 6.26 Å². The molecule has 2 aliphatic rings. The van der Waals surface area contributed by atoms with Crippen molar-refractivity contribution in [2.24, 2.45) is 10.3 Å². The van der Waals surface area contributed by atoms with Crippen LogP contribution in [0.4, 0.5) is 0 Å². The molecule has 0 aliphatic carbocycles. The molecule has 4 heterocycles. The summed E-state index contributed by atoms with van der Waals surface area (Å²) < 4.78 is 83.2. The minimum atomic E-state index is -3.26. The van der Waals surface area contributed by atoms with Gasteiger partial charge in [-0.15, -0.1) is 10.2 Å². The molecule has 0 amide bonds. The maximum absolute atomic E-state index is 11.7. The van der Waals surface area contributed by atoms with E-state index < -0.39 is 45.4 Å². The van der Waals surface area contributed by atoms with E-state index in [1.807, 2.05) is 86.6 Å². The van der Waals surface area contributed by atoms with Crippen LogP contribution in [0.15, 0.2) is 130 Å². The summed E-state index contributed by atoms with van der Waals surface area (Å²) in [5.74, 6) is 1.11. The third-order valence-corrected chi connectivity index (χ3v) is 14.2. The van der Waals surface area contributed by atoms with Crippen molar-refractivity contribution in [2.45, 2.75) is 85.1 Å². The highest BCUT2D eigenvalue weighted by Crippen LogP contribution is 2.29. The SMILES string of the molecule is CO[C@@H]1[C@@H](OC)[C@H](C)O[C@@H](O/N=C/c2ccc(-c3ncn(-c4ccc(S(C)(=O)=O)cc4)n3)cc2)[C@@H]1OC.CO[C@@H]1[C@@H](OC)[C@H](C)O[C@@H](O/N=C/c2ccc(-c3ncn(-c4ccc(S(C)=O)cc4)n3)cc2)[C@@H]1OC. The molecule has 1 unspecified atom stereocenters. The van der Waals surface area contributed by atoms with Crippen LogP contribution in [0.2, 0.25) is 0 Å². The van der Waals surface area contributed by atoms with Crippen LogP contribution in [0.25, 0.3) is 34.2 Å². The summed E-state index contributed by atoms with van der Waals surface area (Å²) >= 11 is 0. The van der Waals surface area contributed by atoms with E-state index in [2.05, 4.69) is 30.5 Å². The smallest absolute Gasteiger partial charge is 0.256 e. The molecule has 73 heavy (non-hydrogen) atoms. The Morgan fingerprint density at radius 3 is 1.26 bits per heavy atom. The van der Waals surface area contributed by atoms with Crippen LogP contribution < -0.4 is 0 Å². The molecule has 21 nitrogen and oxygen atoms in total. The van der Waals surface area contributed by atoms with Gasteiger partial charge in [-0.05, 0) is 73.5 Å². The topological polar surface area (TPSA) is 230 Å². The molecule has 23 heteroatoms. The molecule has 390 valence electrons. The lowest BCUT2D eigenvalue weighted by atomic mass is 9.99. The summed E-state index contributed by atoms with van der Waals surface area (Å²) in [6, 6.07) is 28.9. The fraction of sp³-hybridized carbons (Fsp3) is 0.400. The van der Waals surface area contributed by atoms with Crippen LogP contribution in [-0.4, -0.2) is 171 Å². The minimum absolute atomic E-state index is 0.248. The van der Waals surface area contributed by atoms with Gasteiger partial charge in [0.15, 0.2) is 33.7 Å². The van der Waals surface area contributed by atoms with Gasteiger partial charge in [0.1, 0.15) is 37.1 Å². The predicted octanol–water partition coefficient (Wildman–Crippen LogP) is 5.29. The van der Waals surface area contributed by atoms with Crippen molar-refractivity contribution in [3.05, 3.63) is 121 Å². The minimum Gasteiger partial charge on any atom is -0.376 e. The summed E-state index contributed by atoms with van der Waals surface area (Å²) in [4.78, 5) is 21.0. The largest absolute Gasteiger partial charge is 0.376 e. The standard InChI is InChI=1S/C25H30N4O7S.C25H30N4O6S/c1-16-21(32-2)22(33-3)23(34-4)25(35-16)36-27-14-17-6-8-18(9-7-17)24-26-15-29(28-24)19-10-12-20(13-11-19)37(5,30)31;1-16-21(31-2)22(32-3)23(33-4)25(34-16)35-27-14-17-6-8-18(9-7-17)24-26-15-29(28-24)19-10-12-20(13-11-19)36(5)30/h6-16,21-23,25H,1-5H3;6-16,21-23,25H,1-5H3/b2*27-14+/t16-,21-,22+,23+,25-;16-,21-,22+,23+,25-,36?/m00/s1. The Hall–Kier alpha value is -6.12. The van der Waals surface area contributed by atoms with Crippen molar-refractivity contribution in [1.82, 2.24) is 29.5 Å². The Morgan fingerprint density at radius 2 is 0.918 bits per heavy atom. The zero-order valence-electron chi connectivity index (χ0n) is 42.0.